The monoisotopic (exact) mass is 370 g/mol. The molecule has 2 aromatic carbocycles. The van der Waals surface area contributed by atoms with Gasteiger partial charge in [-0.3, -0.25) is 14.4 Å². The fourth-order valence-corrected chi connectivity index (χ4v) is 3.39. The van der Waals surface area contributed by atoms with Gasteiger partial charge in [-0.25, -0.2) is 0 Å². The maximum atomic E-state index is 13.1. The number of aromatic nitrogens is 2. The summed E-state index contributed by atoms with van der Waals surface area (Å²) >= 11 is 0. The second kappa shape index (κ2) is 7.48. The number of hydrogen-bond acceptors (Lipinski definition) is 3. The molecule has 2 aromatic heterocycles. The van der Waals surface area contributed by atoms with Gasteiger partial charge in [-0.1, -0.05) is 54.6 Å². The number of benzene rings is 2. The number of ketones is 1. The lowest BCUT2D eigenvalue weighted by Crippen LogP contribution is -2.20. The maximum absolute atomic E-state index is 13.1. The van der Waals surface area contributed by atoms with Crippen molar-refractivity contribution in [1.29, 1.82) is 0 Å². The van der Waals surface area contributed by atoms with Crippen molar-refractivity contribution in [3.8, 4) is 11.1 Å². The van der Waals surface area contributed by atoms with Crippen molar-refractivity contribution in [1.82, 2.24) is 9.97 Å². The van der Waals surface area contributed by atoms with Gasteiger partial charge in [-0.2, -0.15) is 0 Å². The summed E-state index contributed by atoms with van der Waals surface area (Å²) in [6.45, 7) is 0. The van der Waals surface area contributed by atoms with Gasteiger partial charge in [0.05, 0.1) is 5.56 Å². The van der Waals surface area contributed by atoms with Crippen LogP contribution in [0.1, 0.15) is 22.3 Å². The standard InChI is InChI=1S/C23H18N2O3/c26-19(12-10-15-11-13-20(27)24-14-15)22-21(16-6-2-1-3-7-16)17-8-4-5-9-18(17)25-23(22)28/h1-9,11,13-14H,10,12H2,(H,24,27)(H,25,28). The molecule has 138 valence electrons. The van der Waals surface area contributed by atoms with Gasteiger partial charge in [0.1, 0.15) is 0 Å². The Bertz CT molecular complexity index is 1250. The minimum atomic E-state index is -0.385. The van der Waals surface area contributed by atoms with E-state index < -0.39 is 0 Å². The first kappa shape index (κ1) is 17.7. The van der Waals surface area contributed by atoms with Gasteiger partial charge < -0.3 is 9.97 Å². The molecule has 0 radical (unpaired) electrons. The summed E-state index contributed by atoms with van der Waals surface area (Å²) in [5, 5.41) is 0.834. The molecule has 0 bridgehead atoms. The predicted octanol–water partition coefficient (Wildman–Crippen LogP) is 3.70. The van der Waals surface area contributed by atoms with Gasteiger partial charge in [0.25, 0.3) is 5.56 Å². The molecule has 0 spiro atoms. The number of aromatic amines is 2. The number of hydrogen-bond donors (Lipinski definition) is 2. The average Bonchev–Trinajstić information content (AvgIpc) is 2.72. The summed E-state index contributed by atoms with van der Waals surface area (Å²) in [6.07, 6.45) is 2.21. The van der Waals surface area contributed by atoms with Crippen LogP contribution in [0.4, 0.5) is 0 Å². The molecule has 4 rings (SSSR count). The first-order chi connectivity index (χ1) is 13.6. The SMILES string of the molecule is O=C(CCc1ccc(=O)[nH]c1)c1c(-c2ccccc2)c2ccccc2[nH]c1=O. The van der Waals surface area contributed by atoms with E-state index in [1.807, 2.05) is 54.6 Å². The molecule has 0 saturated heterocycles. The molecule has 2 heterocycles. The van der Waals surface area contributed by atoms with E-state index in [4.69, 9.17) is 0 Å². The Morgan fingerprint density at radius 3 is 2.36 bits per heavy atom. The van der Waals surface area contributed by atoms with Gasteiger partial charge in [-0.15, -0.1) is 0 Å². The molecule has 5 nitrogen and oxygen atoms in total. The van der Waals surface area contributed by atoms with E-state index in [9.17, 15) is 14.4 Å². The summed E-state index contributed by atoms with van der Waals surface area (Å²) in [5.41, 5.74) is 2.63. The van der Waals surface area contributed by atoms with Crippen molar-refractivity contribution in [2.45, 2.75) is 12.8 Å². The number of aryl methyl sites for hydroxylation is 1. The highest BCUT2D eigenvalue weighted by atomic mass is 16.1. The highest BCUT2D eigenvalue weighted by Crippen LogP contribution is 2.30. The number of carbonyl (C=O) groups excluding carboxylic acids is 1. The lowest BCUT2D eigenvalue weighted by atomic mass is 9.92. The number of carbonyl (C=O) groups is 1. The second-order valence-electron chi connectivity index (χ2n) is 6.60. The van der Waals surface area contributed by atoms with Crippen molar-refractivity contribution >= 4 is 16.7 Å². The summed E-state index contributed by atoms with van der Waals surface area (Å²) in [7, 11) is 0. The number of rotatable bonds is 5. The molecule has 4 aromatic rings. The lowest BCUT2D eigenvalue weighted by Gasteiger charge is -2.12. The molecule has 0 aliphatic carbocycles. The van der Waals surface area contributed by atoms with Gasteiger partial charge in [0, 0.05) is 35.2 Å². The van der Waals surface area contributed by atoms with E-state index in [2.05, 4.69) is 9.97 Å². The Labute approximate surface area is 160 Å². The fraction of sp³-hybridized carbons (Fsp3) is 0.0870. The maximum Gasteiger partial charge on any atom is 0.259 e. The van der Waals surface area contributed by atoms with Gasteiger partial charge in [-0.05, 0) is 23.6 Å². The van der Waals surface area contributed by atoms with Gasteiger partial charge >= 0.3 is 0 Å². The minimum Gasteiger partial charge on any atom is -0.329 e. The average molecular weight is 370 g/mol. The van der Waals surface area contributed by atoms with Crippen LogP contribution >= 0.6 is 0 Å². The number of nitrogens with one attached hydrogen (secondary N) is 2. The zero-order chi connectivity index (χ0) is 19.5. The van der Waals surface area contributed by atoms with E-state index in [1.54, 1.807) is 12.3 Å². The molecular weight excluding hydrogens is 352 g/mol. The summed E-state index contributed by atoms with van der Waals surface area (Å²) in [5.74, 6) is -0.225. The van der Waals surface area contributed by atoms with Crippen molar-refractivity contribution in [3.05, 3.63) is 105 Å². The molecule has 0 saturated carbocycles. The minimum absolute atomic E-state index is 0.174. The molecule has 0 unspecified atom stereocenters. The molecule has 2 N–H and O–H groups in total. The van der Waals surface area contributed by atoms with E-state index in [0.717, 1.165) is 16.5 Å². The zero-order valence-corrected chi connectivity index (χ0v) is 15.1. The van der Waals surface area contributed by atoms with Gasteiger partial charge in [0.15, 0.2) is 5.78 Å². The van der Waals surface area contributed by atoms with Crippen molar-refractivity contribution in [3.63, 3.8) is 0 Å². The Kier molecular flexibility index (Phi) is 4.72. The summed E-state index contributed by atoms with van der Waals surface area (Å²) in [6, 6.07) is 20.1. The number of pyridine rings is 2. The quantitative estimate of drug-likeness (QED) is 0.526. The lowest BCUT2D eigenvalue weighted by molar-refractivity contribution is 0.0982. The third kappa shape index (κ3) is 3.42. The van der Waals surface area contributed by atoms with Crippen LogP contribution in [0.2, 0.25) is 0 Å². The highest BCUT2D eigenvalue weighted by molar-refractivity contribution is 6.09. The first-order valence-corrected chi connectivity index (χ1v) is 9.05. The zero-order valence-electron chi connectivity index (χ0n) is 15.1. The van der Waals surface area contributed by atoms with Crippen molar-refractivity contribution < 1.29 is 4.79 Å². The number of H-pyrrole nitrogens is 2. The van der Waals surface area contributed by atoms with E-state index in [1.165, 1.54) is 6.07 Å². The first-order valence-electron chi connectivity index (χ1n) is 9.05. The summed E-state index contributed by atoms with van der Waals surface area (Å²) in [4.78, 5) is 42.5. The molecule has 5 heteroatoms. The van der Waals surface area contributed by atoms with Crippen LogP contribution in [0, 0.1) is 0 Å². The number of fused-ring (bicyclic) bond motifs is 1. The second-order valence-corrected chi connectivity index (χ2v) is 6.60. The smallest absolute Gasteiger partial charge is 0.259 e. The van der Waals surface area contributed by atoms with Crippen LogP contribution in [-0.4, -0.2) is 15.8 Å². The van der Waals surface area contributed by atoms with Gasteiger partial charge in [0.2, 0.25) is 5.56 Å². The van der Waals surface area contributed by atoms with Crippen LogP contribution in [-0.2, 0) is 6.42 Å². The molecule has 28 heavy (non-hydrogen) atoms. The van der Waals surface area contributed by atoms with Crippen LogP contribution in [0.15, 0.2) is 82.5 Å². The molecule has 0 aliphatic rings. The number of para-hydroxylation sites is 1. The third-order valence-electron chi connectivity index (χ3n) is 4.75. The summed E-state index contributed by atoms with van der Waals surface area (Å²) < 4.78 is 0. The van der Waals surface area contributed by atoms with E-state index in [-0.39, 0.29) is 28.9 Å². The topological polar surface area (TPSA) is 82.8 Å². The van der Waals surface area contributed by atoms with E-state index >= 15 is 0 Å². The third-order valence-corrected chi connectivity index (χ3v) is 4.75. The Hall–Kier alpha value is -3.73. The largest absolute Gasteiger partial charge is 0.329 e. The highest BCUT2D eigenvalue weighted by Gasteiger charge is 2.20. The number of Topliss-reactive ketones (excluding diaryl/α,β-unsaturated/α-hetero) is 1. The molecular formula is C23H18N2O3. The predicted molar refractivity (Wildman–Crippen MR) is 110 cm³/mol. The molecule has 0 aliphatic heterocycles. The molecule has 0 amide bonds. The Balaban J connectivity index is 1.80. The normalized spacial score (nSPS) is 10.9. The van der Waals surface area contributed by atoms with Crippen LogP contribution < -0.4 is 11.1 Å². The molecule has 0 fully saturated rings. The van der Waals surface area contributed by atoms with Crippen LogP contribution in [0.25, 0.3) is 22.0 Å². The van der Waals surface area contributed by atoms with Crippen molar-refractivity contribution in [2.75, 3.05) is 0 Å². The Morgan fingerprint density at radius 1 is 0.857 bits per heavy atom. The van der Waals surface area contributed by atoms with Crippen molar-refractivity contribution in [2.24, 2.45) is 0 Å². The van der Waals surface area contributed by atoms with E-state index in [0.29, 0.717) is 17.5 Å². The Morgan fingerprint density at radius 2 is 1.61 bits per heavy atom. The van der Waals surface area contributed by atoms with Crippen LogP contribution in [0.3, 0.4) is 0 Å². The van der Waals surface area contributed by atoms with Crippen LogP contribution in [0.5, 0.6) is 0 Å². The fourth-order valence-electron chi connectivity index (χ4n) is 3.39. The molecule has 0 atom stereocenters.